The number of carbonyl (C=O) groups excluding carboxylic acids is 2. The smallest absolute Gasteiger partial charge is 0.321 e. The summed E-state index contributed by atoms with van der Waals surface area (Å²) in [6.45, 7) is 3.98. The van der Waals surface area contributed by atoms with Gasteiger partial charge in [-0.15, -0.1) is 11.3 Å². The van der Waals surface area contributed by atoms with Gasteiger partial charge in [0.25, 0.3) is 5.91 Å². The van der Waals surface area contributed by atoms with Crippen molar-refractivity contribution >= 4 is 33.5 Å². The Morgan fingerprint density at radius 3 is 2.69 bits per heavy atom. The highest BCUT2D eigenvalue weighted by atomic mass is 32.1. The zero-order chi connectivity index (χ0) is 18.5. The molecule has 0 aliphatic heterocycles. The summed E-state index contributed by atoms with van der Waals surface area (Å²) in [7, 11) is 0. The quantitative estimate of drug-likeness (QED) is 0.720. The number of nitrogens with zero attached hydrogens (tertiary/aromatic N) is 2. The molecule has 3 aromatic rings. The predicted molar refractivity (Wildman–Crippen MR) is 99.2 cm³/mol. The van der Waals surface area contributed by atoms with Gasteiger partial charge in [0.15, 0.2) is 6.61 Å². The SMILES string of the molecule is Cc1sc2ncnc(OCC(=O)NC(=O)NCc3ccccc3)c2c1C. The van der Waals surface area contributed by atoms with Crippen molar-refractivity contribution in [2.24, 2.45) is 0 Å². The maximum absolute atomic E-state index is 11.9. The Balaban J connectivity index is 1.53. The van der Waals surface area contributed by atoms with Crippen LogP contribution in [0.5, 0.6) is 5.88 Å². The number of rotatable bonds is 5. The van der Waals surface area contributed by atoms with E-state index in [2.05, 4.69) is 20.6 Å². The second-order valence-corrected chi connectivity index (χ2v) is 6.85. The van der Waals surface area contributed by atoms with Crippen molar-refractivity contribution in [3.05, 3.63) is 52.7 Å². The first-order chi connectivity index (χ1) is 12.5. The number of hydrogen-bond acceptors (Lipinski definition) is 6. The van der Waals surface area contributed by atoms with Crippen molar-refractivity contribution in [1.29, 1.82) is 0 Å². The van der Waals surface area contributed by atoms with Crippen molar-refractivity contribution < 1.29 is 14.3 Å². The number of aryl methyl sites for hydroxylation is 2. The van der Waals surface area contributed by atoms with Gasteiger partial charge in [-0.1, -0.05) is 30.3 Å². The maximum Gasteiger partial charge on any atom is 0.321 e. The van der Waals surface area contributed by atoms with E-state index in [0.29, 0.717) is 12.4 Å². The van der Waals surface area contributed by atoms with Gasteiger partial charge in [0.1, 0.15) is 11.2 Å². The molecule has 0 aliphatic carbocycles. The zero-order valence-electron chi connectivity index (χ0n) is 14.4. The third-order valence-electron chi connectivity index (χ3n) is 3.82. The van der Waals surface area contributed by atoms with Crippen molar-refractivity contribution in [2.75, 3.05) is 6.61 Å². The van der Waals surface area contributed by atoms with E-state index in [1.54, 1.807) is 11.3 Å². The van der Waals surface area contributed by atoms with Crippen LogP contribution in [0.4, 0.5) is 4.79 Å². The fraction of sp³-hybridized carbons (Fsp3) is 0.222. The lowest BCUT2D eigenvalue weighted by molar-refractivity contribution is -0.122. The van der Waals surface area contributed by atoms with Gasteiger partial charge in [-0.2, -0.15) is 0 Å². The number of carbonyl (C=O) groups is 2. The number of hydrogen-bond donors (Lipinski definition) is 2. The molecule has 8 heteroatoms. The number of aromatic nitrogens is 2. The molecule has 3 rings (SSSR count). The van der Waals surface area contributed by atoms with E-state index in [9.17, 15) is 9.59 Å². The molecule has 2 N–H and O–H groups in total. The number of amides is 3. The van der Waals surface area contributed by atoms with Crippen LogP contribution in [0.15, 0.2) is 36.7 Å². The van der Waals surface area contributed by atoms with Crippen LogP contribution in [0.2, 0.25) is 0 Å². The van der Waals surface area contributed by atoms with E-state index in [0.717, 1.165) is 26.2 Å². The topological polar surface area (TPSA) is 93.2 Å². The third kappa shape index (κ3) is 4.15. The Morgan fingerprint density at radius 2 is 1.92 bits per heavy atom. The van der Waals surface area contributed by atoms with Crippen molar-refractivity contribution in [2.45, 2.75) is 20.4 Å². The largest absolute Gasteiger partial charge is 0.467 e. The van der Waals surface area contributed by atoms with Crippen LogP contribution < -0.4 is 15.4 Å². The fourth-order valence-electron chi connectivity index (χ4n) is 2.38. The standard InChI is InChI=1S/C18H18N4O3S/c1-11-12(2)26-17-15(11)16(20-10-21-17)25-9-14(23)22-18(24)19-8-13-6-4-3-5-7-13/h3-7,10H,8-9H2,1-2H3,(H2,19,22,23,24). The van der Waals surface area contributed by atoms with Gasteiger partial charge in [-0.3, -0.25) is 10.1 Å². The van der Waals surface area contributed by atoms with E-state index in [1.807, 2.05) is 44.2 Å². The summed E-state index contributed by atoms with van der Waals surface area (Å²) in [5.41, 5.74) is 1.97. The molecule has 134 valence electrons. The maximum atomic E-state index is 11.9. The van der Waals surface area contributed by atoms with Crippen LogP contribution in [-0.4, -0.2) is 28.5 Å². The second kappa shape index (κ2) is 7.92. The van der Waals surface area contributed by atoms with Crippen LogP contribution >= 0.6 is 11.3 Å². The van der Waals surface area contributed by atoms with Gasteiger partial charge >= 0.3 is 6.03 Å². The minimum Gasteiger partial charge on any atom is -0.467 e. The summed E-state index contributed by atoms with van der Waals surface area (Å²) in [6.07, 6.45) is 1.40. The molecule has 0 aliphatic rings. The Labute approximate surface area is 154 Å². The Bertz CT molecular complexity index is 940. The molecule has 1 aromatic carbocycles. The summed E-state index contributed by atoms with van der Waals surface area (Å²) in [4.78, 5) is 34.0. The fourth-order valence-corrected chi connectivity index (χ4v) is 3.37. The molecule has 0 fully saturated rings. The highest BCUT2D eigenvalue weighted by molar-refractivity contribution is 7.18. The number of thiophene rings is 1. The van der Waals surface area contributed by atoms with Crippen molar-refractivity contribution in [1.82, 2.24) is 20.6 Å². The number of benzene rings is 1. The Morgan fingerprint density at radius 1 is 1.15 bits per heavy atom. The van der Waals surface area contributed by atoms with Gasteiger partial charge in [0.2, 0.25) is 5.88 Å². The first-order valence-corrected chi connectivity index (χ1v) is 8.81. The monoisotopic (exact) mass is 370 g/mol. The summed E-state index contributed by atoms with van der Waals surface area (Å²) < 4.78 is 5.50. The molecular weight excluding hydrogens is 352 g/mol. The van der Waals surface area contributed by atoms with E-state index in [1.165, 1.54) is 6.33 Å². The molecule has 0 atom stereocenters. The lowest BCUT2D eigenvalue weighted by Gasteiger charge is -2.08. The lowest BCUT2D eigenvalue weighted by Crippen LogP contribution is -2.41. The second-order valence-electron chi connectivity index (χ2n) is 5.65. The summed E-state index contributed by atoms with van der Waals surface area (Å²) in [5, 5.41) is 5.66. The van der Waals surface area contributed by atoms with Crippen LogP contribution in [0.1, 0.15) is 16.0 Å². The normalized spacial score (nSPS) is 10.5. The van der Waals surface area contributed by atoms with Crippen LogP contribution in [0.25, 0.3) is 10.2 Å². The van der Waals surface area contributed by atoms with Gasteiger partial charge < -0.3 is 10.1 Å². The van der Waals surface area contributed by atoms with Gasteiger partial charge in [0.05, 0.1) is 5.39 Å². The highest BCUT2D eigenvalue weighted by Crippen LogP contribution is 2.33. The number of fused-ring (bicyclic) bond motifs is 1. The molecule has 0 unspecified atom stereocenters. The zero-order valence-corrected chi connectivity index (χ0v) is 15.2. The average molecular weight is 370 g/mol. The van der Waals surface area contributed by atoms with Gasteiger partial charge in [0, 0.05) is 11.4 Å². The molecule has 0 saturated carbocycles. The van der Waals surface area contributed by atoms with Crippen LogP contribution in [0, 0.1) is 13.8 Å². The molecule has 0 saturated heterocycles. The first-order valence-electron chi connectivity index (χ1n) is 7.99. The Hall–Kier alpha value is -3.00. The summed E-state index contributed by atoms with van der Waals surface area (Å²) in [6, 6.07) is 8.85. The minimum atomic E-state index is -0.571. The van der Waals surface area contributed by atoms with Crippen LogP contribution in [-0.2, 0) is 11.3 Å². The number of nitrogens with one attached hydrogen (secondary N) is 2. The molecule has 3 amide bonds. The number of urea groups is 1. The van der Waals surface area contributed by atoms with E-state index in [-0.39, 0.29) is 6.61 Å². The van der Waals surface area contributed by atoms with Crippen molar-refractivity contribution in [3.8, 4) is 5.88 Å². The summed E-state index contributed by atoms with van der Waals surface area (Å²) >= 11 is 1.55. The molecule has 2 heterocycles. The highest BCUT2D eigenvalue weighted by Gasteiger charge is 2.15. The number of imide groups is 1. The third-order valence-corrected chi connectivity index (χ3v) is 4.93. The average Bonchev–Trinajstić information content (AvgIpc) is 2.94. The first kappa shape index (κ1) is 17.8. The van der Waals surface area contributed by atoms with E-state index >= 15 is 0 Å². The molecule has 26 heavy (non-hydrogen) atoms. The molecule has 7 nitrogen and oxygen atoms in total. The van der Waals surface area contributed by atoms with Crippen molar-refractivity contribution in [3.63, 3.8) is 0 Å². The van der Waals surface area contributed by atoms with E-state index < -0.39 is 11.9 Å². The van der Waals surface area contributed by atoms with Crippen LogP contribution in [0.3, 0.4) is 0 Å². The predicted octanol–water partition coefficient (Wildman–Crippen LogP) is 2.71. The minimum absolute atomic E-state index is 0.306. The lowest BCUT2D eigenvalue weighted by atomic mass is 10.2. The summed E-state index contributed by atoms with van der Waals surface area (Å²) in [5.74, 6) is -0.205. The van der Waals surface area contributed by atoms with E-state index in [4.69, 9.17) is 4.74 Å². The number of ether oxygens (including phenoxy) is 1. The van der Waals surface area contributed by atoms with Gasteiger partial charge in [-0.25, -0.2) is 14.8 Å². The van der Waals surface area contributed by atoms with Gasteiger partial charge in [-0.05, 0) is 25.0 Å². The molecule has 0 radical (unpaired) electrons. The molecule has 0 bridgehead atoms. The molecular formula is C18H18N4O3S. The molecule has 0 spiro atoms. The molecule has 2 aromatic heterocycles. The Kier molecular flexibility index (Phi) is 5.43.